The lowest BCUT2D eigenvalue weighted by Crippen LogP contribution is -2.24. The first-order chi connectivity index (χ1) is 10.1. The Hall–Kier alpha value is -2.27. The molecular formula is C16H14F2N2O. The van der Waals surface area contributed by atoms with E-state index in [2.05, 4.69) is 10.6 Å². The van der Waals surface area contributed by atoms with E-state index in [4.69, 9.17) is 0 Å². The monoisotopic (exact) mass is 288 g/mol. The number of rotatable bonds is 2. The van der Waals surface area contributed by atoms with Gasteiger partial charge in [0.15, 0.2) is 11.6 Å². The van der Waals surface area contributed by atoms with Crippen molar-refractivity contribution >= 4 is 11.6 Å². The fourth-order valence-corrected chi connectivity index (χ4v) is 2.40. The van der Waals surface area contributed by atoms with Crippen LogP contribution >= 0.6 is 0 Å². The van der Waals surface area contributed by atoms with Crippen LogP contribution in [-0.2, 0) is 13.0 Å². The van der Waals surface area contributed by atoms with Crippen LogP contribution < -0.4 is 10.6 Å². The van der Waals surface area contributed by atoms with Gasteiger partial charge in [-0.15, -0.1) is 0 Å². The molecule has 1 amide bonds. The second kappa shape index (κ2) is 5.61. The molecule has 21 heavy (non-hydrogen) atoms. The number of amides is 1. The second-order valence-electron chi connectivity index (χ2n) is 4.99. The van der Waals surface area contributed by atoms with E-state index in [1.165, 1.54) is 11.6 Å². The average Bonchev–Trinajstić information content (AvgIpc) is 2.50. The molecule has 0 aliphatic carbocycles. The standard InChI is InChI=1S/C16H14F2N2O/c17-14-4-3-13(8-15(14)18)20-16(21)11-2-1-10-5-6-19-9-12(10)7-11/h1-4,7-8,19H,5-6,9H2,(H,20,21). The van der Waals surface area contributed by atoms with Gasteiger partial charge in [-0.3, -0.25) is 4.79 Å². The molecule has 0 bridgehead atoms. The Kier molecular flexibility index (Phi) is 3.66. The highest BCUT2D eigenvalue weighted by molar-refractivity contribution is 6.04. The number of halogens is 2. The molecule has 5 heteroatoms. The maximum atomic E-state index is 13.1. The molecular weight excluding hydrogens is 274 g/mol. The quantitative estimate of drug-likeness (QED) is 0.892. The maximum absolute atomic E-state index is 13.1. The van der Waals surface area contributed by atoms with Crippen LogP contribution in [0.5, 0.6) is 0 Å². The van der Waals surface area contributed by atoms with E-state index < -0.39 is 11.6 Å². The minimum absolute atomic E-state index is 0.231. The fraction of sp³-hybridized carbons (Fsp3) is 0.188. The van der Waals surface area contributed by atoms with Gasteiger partial charge in [0.25, 0.3) is 5.91 Å². The summed E-state index contributed by atoms with van der Waals surface area (Å²) in [7, 11) is 0. The molecule has 3 rings (SSSR count). The van der Waals surface area contributed by atoms with Crippen molar-refractivity contribution in [3.8, 4) is 0 Å². The van der Waals surface area contributed by atoms with Gasteiger partial charge in [-0.2, -0.15) is 0 Å². The van der Waals surface area contributed by atoms with Crippen molar-refractivity contribution < 1.29 is 13.6 Å². The number of anilines is 1. The van der Waals surface area contributed by atoms with Crippen molar-refractivity contribution in [1.29, 1.82) is 0 Å². The zero-order valence-electron chi connectivity index (χ0n) is 11.2. The highest BCUT2D eigenvalue weighted by Gasteiger charge is 2.13. The molecule has 0 fully saturated rings. The van der Waals surface area contributed by atoms with Crippen LogP contribution in [0, 0.1) is 11.6 Å². The van der Waals surface area contributed by atoms with Crippen molar-refractivity contribution in [3.63, 3.8) is 0 Å². The van der Waals surface area contributed by atoms with Crippen LogP contribution in [-0.4, -0.2) is 12.5 Å². The molecule has 0 saturated carbocycles. The molecule has 0 unspecified atom stereocenters. The summed E-state index contributed by atoms with van der Waals surface area (Å²) in [5.74, 6) is -2.26. The second-order valence-corrected chi connectivity index (χ2v) is 4.99. The highest BCUT2D eigenvalue weighted by atomic mass is 19.2. The summed E-state index contributed by atoms with van der Waals surface area (Å²) in [5, 5.41) is 5.81. The average molecular weight is 288 g/mol. The van der Waals surface area contributed by atoms with Crippen molar-refractivity contribution in [2.45, 2.75) is 13.0 Å². The Morgan fingerprint density at radius 1 is 1.05 bits per heavy atom. The van der Waals surface area contributed by atoms with Gasteiger partial charge in [-0.05, 0) is 48.4 Å². The zero-order valence-corrected chi connectivity index (χ0v) is 11.2. The number of carbonyl (C=O) groups excluding carboxylic acids is 1. The van der Waals surface area contributed by atoms with Gasteiger partial charge in [-0.1, -0.05) is 6.07 Å². The van der Waals surface area contributed by atoms with Crippen LogP contribution in [0.3, 0.4) is 0 Å². The van der Waals surface area contributed by atoms with E-state index in [9.17, 15) is 13.6 Å². The van der Waals surface area contributed by atoms with Crippen molar-refractivity contribution in [3.05, 3.63) is 64.7 Å². The van der Waals surface area contributed by atoms with E-state index in [1.807, 2.05) is 12.1 Å². The lowest BCUT2D eigenvalue weighted by molar-refractivity contribution is 0.102. The number of fused-ring (bicyclic) bond motifs is 1. The van der Waals surface area contributed by atoms with Crippen LogP contribution in [0.25, 0.3) is 0 Å². The molecule has 0 aromatic heterocycles. The molecule has 3 nitrogen and oxygen atoms in total. The Balaban J connectivity index is 1.80. The van der Waals surface area contributed by atoms with Crippen molar-refractivity contribution in [2.24, 2.45) is 0 Å². The van der Waals surface area contributed by atoms with E-state index in [-0.39, 0.29) is 11.6 Å². The fourth-order valence-electron chi connectivity index (χ4n) is 2.40. The SMILES string of the molecule is O=C(Nc1ccc(F)c(F)c1)c1ccc2c(c1)CNCC2. The Bertz CT molecular complexity index is 701. The summed E-state index contributed by atoms with van der Waals surface area (Å²) in [6.45, 7) is 1.68. The molecule has 0 saturated heterocycles. The molecule has 2 aromatic carbocycles. The van der Waals surface area contributed by atoms with Gasteiger partial charge in [0.1, 0.15) is 0 Å². The Morgan fingerprint density at radius 3 is 2.71 bits per heavy atom. The van der Waals surface area contributed by atoms with Crippen LogP contribution in [0.2, 0.25) is 0 Å². The highest BCUT2D eigenvalue weighted by Crippen LogP contribution is 2.18. The zero-order chi connectivity index (χ0) is 14.8. The smallest absolute Gasteiger partial charge is 0.255 e. The van der Waals surface area contributed by atoms with E-state index in [0.29, 0.717) is 5.56 Å². The third-order valence-electron chi connectivity index (χ3n) is 3.53. The molecule has 0 atom stereocenters. The number of hydrogen-bond donors (Lipinski definition) is 2. The van der Waals surface area contributed by atoms with Gasteiger partial charge < -0.3 is 10.6 Å². The van der Waals surface area contributed by atoms with E-state index in [0.717, 1.165) is 37.2 Å². The van der Waals surface area contributed by atoms with E-state index in [1.54, 1.807) is 6.07 Å². The summed E-state index contributed by atoms with van der Waals surface area (Å²) in [4.78, 5) is 12.1. The van der Waals surface area contributed by atoms with Gasteiger partial charge in [0.05, 0.1) is 0 Å². The lowest BCUT2D eigenvalue weighted by atomic mass is 9.98. The lowest BCUT2D eigenvalue weighted by Gasteiger charge is -2.17. The van der Waals surface area contributed by atoms with Gasteiger partial charge >= 0.3 is 0 Å². The first kappa shape index (κ1) is 13.7. The first-order valence-electron chi connectivity index (χ1n) is 6.72. The summed E-state index contributed by atoms with van der Waals surface area (Å²) in [5.41, 5.74) is 3.06. The summed E-state index contributed by atoms with van der Waals surface area (Å²) < 4.78 is 26.0. The predicted octanol–water partition coefficient (Wildman–Crippen LogP) is 2.86. The molecule has 1 aliphatic heterocycles. The first-order valence-corrected chi connectivity index (χ1v) is 6.72. The predicted molar refractivity (Wildman–Crippen MR) is 76.2 cm³/mol. The molecule has 0 radical (unpaired) electrons. The number of carbonyl (C=O) groups is 1. The molecule has 108 valence electrons. The summed E-state index contributed by atoms with van der Waals surface area (Å²) in [6, 6.07) is 8.80. The van der Waals surface area contributed by atoms with E-state index >= 15 is 0 Å². The third-order valence-corrected chi connectivity index (χ3v) is 3.53. The summed E-state index contributed by atoms with van der Waals surface area (Å²) >= 11 is 0. The number of benzene rings is 2. The molecule has 2 aromatic rings. The van der Waals surface area contributed by atoms with Crippen LogP contribution in [0.1, 0.15) is 21.5 Å². The Morgan fingerprint density at radius 2 is 1.90 bits per heavy atom. The molecule has 2 N–H and O–H groups in total. The Labute approximate surface area is 121 Å². The van der Waals surface area contributed by atoms with Gasteiger partial charge in [0, 0.05) is 23.9 Å². The largest absolute Gasteiger partial charge is 0.322 e. The molecule has 0 spiro atoms. The normalized spacial score (nSPS) is 13.6. The topological polar surface area (TPSA) is 41.1 Å². The number of hydrogen-bond acceptors (Lipinski definition) is 2. The number of nitrogens with one attached hydrogen (secondary N) is 2. The minimum Gasteiger partial charge on any atom is -0.322 e. The third kappa shape index (κ3) is 2.92. The minimum atomic E-state index is -0.984. The maximum Gasteiger partial charge on any atom is 0.255 e. The van der Waals surface area contributed by atoms with Gasteiger partial charge in [-0.25, -0.2) is 8.78 Å². The van der Waals surface area contributed by atoms with Crippen molar-refractivity contribution in [2.75, 3.05) is 11.9 Å². The van der Waals surface area contributed by atoms with Crippen molar-refractivity contribution in [1.82, 2.24) is 5.32 Å². The molecule has 1 heterocycles. The summed E-state index contributed by atoms with van der Waals surface area (Å²) in [6.07, 6.45) is 0.945. The van der Waals surface area contributed by atoms with Gasteiger partial charge in [0.2, 0.25) is 0 Å². The van der Waals surface area contributed by atoms with Crippen LogP contribution in [0.4, 0.5) is 14.5 Å². The molecule has 1 aliphatic rings. The van der Waals surface area contributed by atoms with Crippen LogP contribution in [0.15, 0.2) is 36.4 Å².